The third-order valence-corrected chi connectivity index (χ3v) is 8.28. The van der Waals surface area contributed by atoms with Crippen LogP contribution < -0.4 is 4.74 Å². The SMILES string of the molecule is COc1ccc2c3c([nH]c2c1)[C@@H](CO)N(C(=O)c1cccc(F)c1)CC31CCN(C(=O)c2ccccc2)CC1. The van der Waals surface area contributed by atoms with Crippen LogP contribution >= 0.6 is 0 Å². The molecule has 8 heteroatoms. The zero-order chi connectivity index (χ0) is 27.1. The molecule has 0 unspecified atom stereocenters. The Balaban J connectivity index is 1.42. The van der Waals surface area contributed by atoms with Crippen LogP contribution in [0.3, 0.4) is 0 Å². The molecule has 1 spiro atoms. The number of aliphatic hydroxyl groups excluding tert-OH is 1. The van der Waals surface area contributed by atoms with Gasteiger partial charge in [-0.25, -0.2) is 4.39 Å². The Morgan fingerprint density at radius 1 is 1.00 bits per heavy atom. The Bertz CT molecular complexity index is 1540. The van der Waals surface area contributed by atoms with Gasteiger partial charge in [0.1, 0.15) is 11.6 Å². The van der Waals surface area contributed by atoms with Crippen LogP contribution in [0.15, 0.2) is 72.8 Å². The van der Waals surface area contributed by atoms with Crippen molar-refractivity contribution >= 4 is 22.7 Å². The van der Waals surface area contributed by atoms with Crippen LogP contribution in [0.5, 0.6) is 5.75 Å². The van der Waals surface area contributed by atoms with Gasteiger partial charge in [0.25, 0.3) is 11.8 Å². The molecule has 3 heterocycles. The smallest absolute Gasteiger partial charge is 0.254 e. The Morgan fingerprint density at radius 2 is 1.74 bits per heavy atom. The number of methoxy groups -OCH3 is 1. The van der Waals surface area contributed by atoms with E-state index in [1.165, 1.54) is 18.2 Å². The predicted octanol–water partition coefficient (Wildman–Crippen LogP) is 4.68. The average Bonchev–Trinajstić information content (AvgIpc) is 3.37. The van der Waals surface area contributed by atoms with Crippen molar-refractivity contribution < 1.29 is 23.8 Å². The number of hydrogen-bond donors (Lipinski definition) is 2. The number of piperidine rings is 1. The highest BCUT2D eigenvalue weighted by atomic mass is 19.1. The minimum atomic E-state index is -0.622. The molecule has 2 amide bonds. The Labute approximate surface area is 225 Å². The summed E-state index contributed by atoms with van der Waals surface area (Å²) < 4.78 is 19.5. The molecule has 1 aromatic heterocycles. The molecule has 39 heavy (non-hydrogen) atoms. The van der Waals surface area contributed by atoms with Crippen molar-refractivity contribution in [3.8, 4) is 5.75 Å². The molecule has 0 radical (unpaired) electrons. The van der Waals surface area contributed by atoms with E-state index in [-0.39, 0.29) is 24.0 Å². The Morgan fingerprint density at radius 3 is 2.44 bits per heavy atom. The number of likely N-dealkylation sites (tertiary alicyclic amines) is 1. The number of nitrogens with zero attached hydrogens (tertiary/aromatic N) is 2. The van der Waals surface area contributed by atoms with E-state index >= 15 is 0 Å². The number of halogens is 1. The molecule has 0 aliphatic carbocycles. The lowest BCUT2D eigenvalue weighted by molar-refractivity contribution is 0.0325. The molecule has 1 saturated heterocycles. The van der Waals surface area contributed by atoms with Gasteiger partial charge in [0.2, 0.25) is 0 Å². The van der Waals surface area contributed by atoms with Crippen LogP contribution in [0.1, 0.15) is 50.9 Å². The molecule has 2 aliphatic heterocycles. The number of aromatic nitrogens is 1. The highest BCUT2D eigenvalue weighted by Gasteiger charge is 2.49. The van der Waals surface area contributed by atoms with Gasteiger partial charge >= 0.3 is 0 Å². The fourth-order valence-electron chi connectivity index (χ4n) is 6.32. The van der Waals surface area contributed by atoms with E-state index in [4.69, 9.17) is 4.74 Å². The van der Waals surface area contributed by atoms with Gasteiger partial charge in [-0.1, -0.05) is 24.3 Å². The summed E-state index contributed by atoms with van der Waals surface area (Å²) in [6.07, 6.45) is 1.28. The van der Waals surface area contributed by atoms with E-state index in [1.807, 2.05) is 53.4 Å². The van der Waals surface area contributed by atoms with Gasteiger partial charge in [0, 0.05) is 58.8 Å². The van der Waals surface area contributed by atoms with Crippen LogP contribution in [0.2, 0.25) is 0 Å². The first-order valence-electron chi connectivity index (χ1n) is 13.2. The summed E-state index contributed by atoms with van der Waals surface area (Å²) in [4.78, 5) is 34.0. The first-order valence-corrected chi connectivity index (χ1v) is 13.2. The average molecular weight is 528 g/mol. The maximum atomic E-state index is 14.1. The molecule has 1 fully saturated rings. The first kappa shape index (κ1) is 25.1. The number of H-pyrrole nitrogens is 1. The lowest BCUT2D eigenvalue weighted by atomic mass is 9.68. The Hall–Kier alpha value is -4.17. The van der Waals surface area contributed by atoms with E-state index in [0.29, 0.717) is 43.8 Å². The molecular formula is C31H30FN3O4. The molecule has 7 nitrogen and oxygen atoms in total. The highest BCUT2D eigenvalue weighted by molar-refractivity contribution is 5.96. The summed E-state index contributed by atoms with van der Waals surface area (Å²) in [5.41, 5.74) is 3.15. The third kappa shape index (κ3) is 4.25. The summed E-state index contributed by atoms with van der Waals surface area (Å²) in [6.45, 7) is 1.13. The van der Waals surface area contributed by atoms with Crippen molar-refractivity contribution in [1.82, 2.24) is 14.8 Å². The summed E-state index contributed by atoms with van der Waals surface area (Å²) in [5, 5.41) is 11.6. The van der Waals surface area contributed by atoms with E-state index in [0.717, 1.165) is 22.2 Å². The van der Waals surface area contributed by atoms with Gasteiger partial charge in [-0.2, -0.15) is 0 Å². The van der Waals surface area contributed by atoms with Crippen LogP contribution in [0, 0.1) is 5.82 Å². The minimum absolute atomic E-state index is 0.00826. The standard InChI is InChI=1S/C31H30FN3O4/c1-39-23-10-11-24-25(17-23)33-28-26(18-36)35(30(38)21-8-5-9-22(32)16-21)19-31(27(24)28)12-14-34(15-13-31)29(37)20-6-3-2-4-7-20/h2-11,16-17,26,33,36H,12-15,18-19H2,1H3/t26-/m1/s1. The van der Waals surface area contributed by atoms with Gasteiger partial charge in [0.05, 0.1) is 19.8 Å². The molecule has 200 valence electrons. The molecule has 0 bridgehead atoms. The number of carbonyl (C=O) groups excluding carboxylic acids is 2. The number of amides is 2. The molecule has 3 aromatic carbocycles. The number of aliphatic hydroxyl groups is 1. The molecule has 4 aromatic rings. The number of aromatic amines is 1. The maximum Gasteiger partial charge on any atom is 0.254 e. The second kappa shape index (κ2) is 9.85. The number of fused-ring (bicyclic) bond motifs is 4. The topological polar surface area (TPSA) is 85.9 Å². The van der Waals surface area contributed by atoms with Crippen molar-refractivity contribution in [3.05, 3.63) is 101 Å². The van der Waals surface area contributed by atoms with Crippen LogP contribution in [-0.2, 0) is 5.41 Å². The minimum Gasteiger partial charge on any atom is -0.497 e. The number of rotatable bonds is 4. The summed E-state index contributed by atoms with van der Waals surface area (Å²) in [6, 6.07) is 20.1. The Kier molecular flexibility index (Phi) is 6.35. The number of benzene rings is 3. The van der Waals surface area contributed by atoms with Crippen molar-refractivity contribution in [1.29, 1.82) is 0 Å². The molecule has 1 atom stereocenters. The quantitative estimate of drug-likeness (QED) is 0.404. The molecule has 0 saturated carbocycles. The van der Waals surface area contributed by atoms with Gasteiger partial charge in [-0.3, -0.25) is 9.59 Å². The van der Waals surface area contributed by atoms with Crippen molar-refractivity contribution in [2.24, 2.45) is 0 Å². The second-order valence-electron chi connectivity index (χ2n) is 10.4. The third-order valence-electron chi connectivity index (χ3n) is 8.28. The number of ether oxygens (including phenoxy) is 1. The number of carbonyl (C=O) groups is 2. The lowest BCUT2D eigenvalue weighted by Gasteiger charge is -2.50. The molecule has 6 rings (SSSR count). The van der Waals surface area contributed by atoms with E-state index in [9.17, 15) is 19.1 Å². The summed E-state index contributed by atoms with van der Waals surface area (Å²) in [7, 11) is 1.61. The zero-order valence-corrected chi connectivity index (χ0v) is 21.7. The van der Waals surface area contributed by atoms with Gasteiger partial charge < -0.3 is 24.6 Å². The molecule has 2 aliphatic rings. The zero-order valence-electron chi connectivity index (χ0n) is 21.7. The normalized spacial score (nSPS) is 18.3. The van der Waals surface area contributed by atoms with Gasteiger partial charge in [-0.05, 0) is 60.9 Å². The van der Waals surface area contributed by atoms with Crippen molar-refractivity contribution in [2.75, 3.05) is 33.4 Å². The fourth-order valence-corrected chi connectivity index (χ4v) is 6.32. The predicted molar refractivity (Wildman–Crippen MR) is 145 cm³/mol. The molecule has 2 N–H and O–H groups in total. The largest absolute Gasteiger partial charge is 0.497 e. The number of hydrogen-bond acceptors (Lipinski definition) is 4. The lowest BCUT2D eigenvalue weighted by Crippen LogP contribution is -2.55. The van der Waals surface area contributed by atoms with Crippen LogP contribution in [0.25, 0.3) is 10.9 Å². The van der Waals surface area contributed by atoms with E-state index < -0.39 is 17.3 Å². The van der Waals surface area contributed by atoms with E-state index in [2.05, 4.69) is 4.98 Å². The first-order chi connectivity index (χ1) is 18.9. The highest BCUT2D eigenvalue weighted by Crippen LogP contribution is 2.49. The van der Waals surface area contributed by atoms with Crippen molar-refractivity contribution in [2.45, 2.75) is 24.3 Å². The van der Waals surface area contributed by atoms with Crippen LogP contribution in [0.4, 0.5) is 4.39 Å². The van der Waals surface area contributed by atoms with E-state index in [1.54, 1.807) is 18.1 Å². The molecular weight excluding hydrogens is 497 g/mol. The monoisotopic (exact) mass is 527 g/mol. The van der Waals surface area contributed by atoms with Crippen molar-refractivity contribution in [3.63, 3.8) is 0 Å². The number of nitrogens with one attached hydrogen (secondary N) is 1. The summed E-state index contributed by atoms with van der Waals surface area (Å²) >= 11 is 0. The fraction of sp³-hybridized carbons (Fsp3) is 0.290. The second-order valence-corrected chi connectivity index (χ2v) is 10.4. The summed E-state index contributed by atoms with van der Waals surface area (Å²) in [5.74, 6) is -0.130. The maximum absolute atomic E-state index is 14.1. The van der Waals surface area contributed by atoms with Gasteiger partial charge in [0.15, 0.2) is 0 Å². The van der Waals surface area contributed by atoms with Crippen LogP contribution in [-0.4, -0.2) is 65.1 Å². The van der Waals surface area contributed by atoms with Gasteiger partial charge in [-0.15, -0.1) is 0 Å².